The van der Waals surface area contributed by atoms with Gasteiger partial charge in [-0.25, -0.2) is 0 Å². The Hall–Kier alpha value is -2.32. The second-order valence-electron chi connectivity index (χ2n) is 8.91. The number of benzene rings is 1. The highest BCUT2D eigenvalue weighted by molar-refractivity contribution is 8.02. The van der Waals surface area contributed by atoms with Gasteiger partial charge in [0.15, 0.2) is 0 Å². The van der Waals surface area contributed by atoms with Crippen LogP contribution in [0.4, 0.5) is 0 Å². The van der Waals surface area contributed by atoms with Gasteiger partial charge >= 0.3 is 5.97 Å². The highest BCUT2D eigenvalue weighted by Gasteiger charge is 2.74. The molecule has 3 saturated heterocycles. The zero-order valence-electron chi connectivity index (χ0n) is 19.0. The van der Waals surface area contributed by atoms with Crippen LogP contribution in [0.5, 0.6) is 0 Å². The summed E-state index contributed by atoms with van der Waals surface area (Å²) in [5.74, 6) is -1.70. The average molecular weight is 473 g/mol. The van der Waals surface area contributed by atoms with Crippen LogP contribution >= 0.6 is 11.8 Å². The van der Waals surface area contributed by atoms with Crippen LogP contribution in [0.2, 0.25) is 0 Å². The van der Waals surface area contributed by atoms with Gasteiger partial charge in [-0.1, -0.05) is 36.4 Å². The van der Waals surface area contributed by atoms with Crippen molar-refractivity contribution in [2.24, 2.45) is 11.8 Å². The highest BCUT2D eigenvalue weighted by Crippen LogP contribution is 2.66. The number of amides is 2. The Morgan fingerprint density at radius 3 is 2.79 bits per heavy atom. The SMILES string of the molecule is C=CCN(Cc1ccccc1)C(=O)C1N(CCCO)C(=O)[C@@H]2[C@H](C(=O)OCC)[C@@H]3CCC12S3. The number of hydrogen-bond acceptors (Lipinski definition) is 6. The molecule has 1 aromatic rings. The Morgan fingerprint density at radius 1 is 1.36 bits per heavy atom. The molecule has 0 aliphatic carbocycles. The molecular formula is C25H32N2O5S. The fourth-order valence-electron chi connectivity index (χ4n) is 5.79. The molecule has 1 spiro atoms. The van der Waals surface area contributed by atoms with Crippen LogP contribution in [0.3, 0.4) is 0 Å². The van der Waals surface area contributed by atoms with E-state index in [0.29, 0.717) is 25.9 Å². The lowest BCUT2D eigenvalue weighted by Crippen LogP contribution is -2.54. The number of thioether (sulfide) groups is 1. The summed E-state index contributed by atoms with van der Waals surface area (Å²) in [6.45, 7) is 6.86. The minimum absolute atomic E-state index is 0.00438. The lowest BCUT2D eigenvalue weighted by molar-refractivity contribution is -0.153. The topological polar surface area (TPSA) is 87.2 Å². The fourth-order valence-corrected chi connectivity index (χ4v) is 7.99. The summed E-state index contributed by atoms with van der Waals surface area (Å²) in [4.78, 5) is 44.0. The predicted octanol–water partition coefficient (Wildman–Crippen LogP) is 2.24. The van der Waals surface area contributed by atoms with E-state index in [1.54, 1.807) is 34.6 Å². The first kappa shape index (κ1) is 23.8. The first-order valence-electron chi connectivity index (χ1n) is 11.7. The molecule has 0 saturated carbocycles. The summed E-state index contributed by atoms with van der Waals surface area (Å²) < 4.78 is 4.70. The summed E-state index contributed by atoms with van der Waals surface area (Å²) in [5.41, 5.74) is 1.00. The largest absolute Gasteiger partial charge is 0.466 e. The van der Waals surface area contributed by atoms with Crippen LogP contribution in [0.25, 0.3) is 0 Å². The Labute approximate surface area is 199 Å². The number of hydrogen-bond donors (Lipinski definition) is 1. The van der Waals surface area contributed by atoms with Crippen molar-refractivity contribution in [3.05, 3.63) is 48.6 Å². The highest BCUT2D eigenvalue weighted by atomic mass is 32.2. The summed E-state index contributed by atoms with van der Waals surface area (Å²) in [5, 5.41) is 9.44. The van der Waals surface area contributed by atoms with Crippen molar-refractivity contribution in [2.75, 3.05) is 26.3 Å². The Bertz CT molecular complexity index is 909. The van der Waals surface area contributed by atoms with Crippen LogP contribution in [0, 0.1) is 11.8 Å². The fraction of sp³-hybridized carbons (Fsp3) is 0.560. The number of likely N-dealkylation sites (tertiary alicyclic amines) is 1. The van der Waals surface area contributed by atoms with Gasteiger partial charge in [-0.3, -0.25) is 14.4 Å². The third-order valence-corrected chi connectivity index (χ3v) is 8.98. The van der Waals surface area contributed by atoms with Crippen LogP contribution in [-0.2, 0) is 25.7 Å². The van der Waals surface area contributed by atoms with Crippen molar-refractivity contribution in [3.8, 4) is 0 Å². The lowest BCUT2D eigenvalue weighted by Gasteiger charge is -2.37. The van der Waals surface area contributed by atoms with E-state index in [1.165, 1.54) is 0 Å². The van der Waals surface area contributed by atoms with E-state index in [-0.39, 0.29) is 42.8 Å². The van der Waals surface area contributed by atoms with Crippen molar-refractivity contribution >= 4 is 29.5 Å². The Morgan fingerprint density at radius 2 is 2.12 bits per heavy atom. The number of fused-ring (bicyclic) bond motifs is 1. The molecule has 7 nitrogen and oxygen atoms in total. The van der Waals surface area contributed by atoms with Crippen molar-refractivity contribution in [3.63, 3.8) is 0 Å². The number of nitrogens with zero attached hydrogens (tertiary/aromatic N) is 2. The number of esters is 1. The van der Waals surface area contributed by atoms with Gasteiger partial charge in [-0.2, -0.15) is 0 Å². The van der Waals surface area contributed by atoms with Gasteiger partial charge in [-0.15, -0.1) is 18.3 Å². The Balaban J connectivity index is 1.69. The maximum absolute atomic E-state index is 14.1. The molecular weight excluding hydrogens is 440 g/mol. The Kier molecular flexibility index (Phi) is 7.14. The molecule has 33 heavy (non-hydrogen) atoms. The zero-order chi connectivity index (χ0) is 23.6. The maximum Gasteiger partial charge on any atom is 0.310 e. The van der Waals surface area contributed by atoms with E-state index in [1.807, 2.05) is 30.3 Å². The molecule has 178 valence electrons. The molecule has 3 heterocycles. The summed E-state index contributed by atoms with van der Waals surface area (Å²) in [7, 11) is 0. The predicted molar refractivity (Wildman–Crippen MR) is 126 cm³/mol. The molecule has 0 aromatic heterocycles. The molecule has 3 aliphatic heterocycles. The van der Waals surface area contributed by atoms with E-state index in [4.69, 9.17) is 4.74 Å². The zero-order valence-corrected chi connectivity index (χ0v) is 19.8. The number of carbonyl (C=O) groups excluding carboxylic acids is 3. The molecule has 3 fully saturated rings. The van der Waals surface area contributed by atoms with Gasteiger partial charge in [0.1, 0.15) is 6.04 Å². The molecule has 1 N–H and O–H groups in total. The van der Waals surface area contributed by atoms with E-state index in [9.17, 15) is 19.5 Å². The van der Waals surface area contributed by atoms with Gasteiger partial charge in [0.05, 0.1) is 23.2 Å². The number of aliphatic hydroxyl groups is 1. The molecule has 8 heteroatoms. The van der Waals surface area contributed by atoms with Crippen LogP contribution in [0.1, 0.15) is 31.7 Å². The second-order valence-corrected chi connectivity index (χ2v) is 10.5. The average Bonchev–Trinajstić information content (AvgIpc) is 3.45. The van der Waals surface area contributed by atoms with Gasteiger partial charge in [-0.05, 0) is 31.7 Å². The molecule has 2 bridgehead atoms. The van der Waals surface area contributed by atoms with Crippen LogP contribution in [0.15, 0.2) is 43.0 Å². The van der Waals surface area contributed by atoms with Gasteiger partial charge in [0, 0.05) is 31.5 Å². The normalized spacial score (nSPS) is 29.8. The lowest BCUT2D eigenvalue weighted by atomic mass is 9.71. The monoisotopic (exact) mass is 472 g/mol. The number of rotatable bonds is 10. The van der Waals surface area contributed by atoms with Gasteiger partial charge in [0.2, 0.25) is 11.8 Å². The van der Waals surface area contributed by atoms with Crippen LogP contribution < -0.4 is 0 Å². The minimum Gasteiger partial charge on any atom is -0.466 e. The van der Waals surface area contributed by atoms with E-state index >= 15 is 0 Å². The van der Waals surface area contributed by atoms with Crippen molar-refractivity contribution < 1.29 is 24.2 Å². The maximum atomic E-state index is 14.1. The standard InChI is InChI=1S/C25H32N2O5S/c1-3-13-26(16-17-9-6-5-7-10-17)23(30)21-25-12-11-18(33-25)19(24(31)32-4-2)20(25)22(29)27(21)14-8-15-28/h3,5-7,9-10,18-21,28H,1,4,8,11-16H2,2H3/t18-,19+,20-,21?,25?/m0/s1. The second kappa shape index (κ2) is 9.89. The van der Waals surface area contributed by atoms with Crippen molar-refractivity contribution in [2.45, 2.75) is 48.8 Å². The first-order valence-corrected chi connectivity index (χ1v) is 12.6. The van der Waals surface area contributed by atoms with Gasteiger partial charge in [0.25, 0.3) is 0 Å². The van der Waals surface area contributed by atoms with E-state index in [2.05, 4.69) is 6.58 Å². The van der Waals surface area contributed by atoms with E-state index in [0.717, 1.165) is 12.0 Å². The number of ether oxygens (including phenoxy) is 1. The van der Waals surface area contributed by atoms with Crippen LogP contribution in [-0.4, -0.2) is 75.0 Å². The molecule has 0 radical (unpaired) electrons. The molecule has 4 rings (SSSR count). The molecule has 3 aliphatic rings. The summed E-state index contributed by atoms with van der Waals surface area (Å²) in [6.07, 6.45) is 3.59. The molecule has 5 atom stereocenters. The number of carbonyl (C=O) groups is 3. The summed E-state index contributed by atoms with van der Waals surface area (Å²) >= 11 is 1.63. The third-order valence-electron chi connectivity index (χ3n) is 7.03. The first-order chi connectivity index (χ1) is 16.0. The molecule has 1 aromatic carbocycles. The van der Waals surface area contributed by atoms with E-state index < -0.39 is 22.6 Å². The summed E-state index contributed by atoms with van der Waals surface area (Å²) in [6, 6.07) is 9.08. The number of aliphatic hydroxyl groups excluding tert-OH is 1. The van der Waals surface area contributed by atoms with Crippen molar-refractivity contribution in [1.29, 1.82) is 0 Å². The third kappa shape index (κ3) is 4.08. The van der Waals surface area contributed by atoms with Crippen molar-refractivity contribution in [1.82, 2.24) is 9.80 Å². The quantitative estimate of drug-likeness (QED) is 0.415. The van der Waals surface area contributed by atoms with Gasteiger partial charge < -0.3 is 19.6 Å². The minimum atomic E-state index is -0.667. The molecule has 2 amide bonds. The molecule has 2 unspecified atom stereocenters. The smallest absolute Gasteiger partial charge is 0.310 e.